The second kappa shape index (κ2) is 9.74. The van der Waals surface area contributed by atoms with Crippen molar-refractivity contribution in [1.82, 2.24) is 9.78 Å². The number of nitrogens with zero attached hydrogens (tertiary/aromatic N) is 4. The van der Waals surface area contributed by atoms with E-state index in [9.17, 15) is 9.59 Å². The van der Waals surface area contributed by atoms with Crippen molar-refractivity contribution in [2.45, 2.75) is 26.7 Å². The Morgan fingerprint density at radius 3 is 2.67 bits per heavy atom. The normalized spacial score (nSPS) is 13.5. The van der Waals surface area contributed by atoms with Crippen molar-refractivity contribution in [3.05, 3.63) is 65.6 Å². The maximum Gasteiger partial charge on any atom is 0.281 e. The van der Waals surface area contributed by atoms with Gasteiger partial charge in [0.15, 0.2) is 0 Å². The van der Waals surface area contributed by atoms with Crippen LogP contribution >= 0.6 is 11.3 Å². The van der Waals surface area contributed by atoms with Crippen LogP contribution in [0.25, 0.3) is 10.6 Å². The fourth-order valence-electron chi connectivity index (χ4n) is 3.04. The number of hydrogen-bond donors (Lipinski definition) is 1. The quantitative estimate of drug-likeness (QED) is 0.403. The monoisotopic (exact) mass is 461 g/mol. The first-order valence-electron chi connectivity index (χ1n) is 10.5. The Morgan fingerprint density at radius 1 is 1.21 bits per heavy atom. The van der Waals surface area contributed by atoms with Crippen molar-refractivity contribution in [3.8, 4) is 16.3 Å². The predicted molar refractivity (Wildman–Crippen MR) is 130 cm³/mol. The summed E-state index contributed by atoms with van der Waals surface area (Å²) >= 11 is 1.51. The number of hydrogen-bond acceptors (Lipinski definition) is 6. The van der Waals surface area contributed by atoms with Crippen LogP contribution in [-0.4, -0.2) is 39.9 Å². The van der Waals surface area contributed by atoms with Gasteiger partial charge in [-0.25, -0.2) is 4.99 Å². The van der Waals surface area contributed by atoms with Gasteiger partial charge in [-0.2, -0.15) is 14.8 Å². The fraction of sp³-hybridized carbons (Fsp3) is 0.208. The molecule has 0 aliphatic carbocycles. The summed E-state index contributed by atoms with van der Waals surface area (Å²) in [4.78, 5) is 34.4. The second-order valence-electron chi connectivity index (χ2n) is 7.38. The van der Waals surface area contributed by atoms with Gasteiger partial charge in [-0.3, -0.25) is 9.59 Å². The average Bonchev–Trinajstić information content (AvgIpc) is 3.48. The van der Waals surface area contributed by atoms with Gasteiger partial charge in [-0.1, -0.05) is 26.0 Å². The first-order valence-corrected chi connectivity index (χ1v) is 11.4. The molecule has 8 nitrogen and oxygen atoms in total. The lowest BCUT2D eigenvalue weighted by Gasteiger charge is -2.13. The molecule has 3 heterocycles. The van der Waals surface area contributed by atoms with E-state index >= 15 is 0 Å². The molecule has 33 heavy (non-hydrogen) atoms. The molecular weight excluding hydrogens is 438 g/mol. The summed E-state index contributed by atoms with van der Waals surface area (Å²) in [6, 6.07) is 12.5. The average molecular weight is 462 g/mol. The van der Waals surface area contributed by atoms with Gasteiger partial charge in [0.25, 0.3) is 17.8 Å². The molecule has 0 radical (unpaired) electrons. The molecule has 1 N–H and O–H groups in total. The summed E-state index contributed by atoms with van der Waals surface area (Å²) in [6.07, 6.45) is 2.02. The highest BCUT2D eigenvalue weighted by molar-refractivity contribution is 7.13. The highest BCUT2D eigenvalue weighted by Crippen LogP contribution is 2.27. The lowest BCUT2D eigenvalue weighted by atomic mass is 10.2. The maximum absolute atomic E-state index is 13.0. The molecule has 0 spiro atoms. The number of carbonyl (C=O) groups excluding carboxylic acids is 2. The van der Waals surface area contributed by atoms with Crippen molar-refractivity contribution in [1.29, 1.82) is 0 Å². The lowest BCUT2D eigenvalue weighted by molar-refractivity contribution is -0.113. The van der Waals surface area contributed by atoms with E-state index in [2.05, 4.69) is 33.9 Å². The Bertz CT molecular complexity index is 1250. The molecule has 9 heteroatoms. The Morgan fingerprint density at radius 2 is 2.00 bits per heavy atom. The smallest absolute Gasteiger partial charge is 0.281 e. The summed E-state index contributed by atoms with van der Waals surface area (Å²) in [5.74, 6) is 0.318. The molecule has 168 valence electrons. The van der Waals surface area contributed by atoms with Gasteiger partial charge in [-0.05, 0) is 49.1 Å². The topological polar surface area (TPSA) is 97.9 Å². The van der Waals surface area contributed by atoms with E-state index in [1.807, 2.05) is 17.5 Å². The standard InChI is InChI=1S/C24H23N5O3S/c1-4-5-12-32-18-10-8-17(9-11-18)23(31)26-21-14-19(20-7-6-13-33-20)28-29(21)24-25-16(3)15(2)22(30)27-24/h6-11,13-14H,2,4-5,12H2,1,3H3,(H,26,31). The summed E-state index contributed by atoms with van der Waals surface area (Å²) in [5.41, 5.74) is 1.77. The second-order valence-corrected chi connectivity index (χ2v) is 8.32. The minimum atomic E-state index is -0.485. The largest absolute Gasteiger partial charge is 0.494 e. The summed E-state index contributed by atoms with van der Waals surface area (Å²) in [7, 11) is 0. The van der Waals surface area contributed by atoms with Gasteiger partial charge in [0.1, 0.15) is 17.3 Å². The fourth-order valence-corrected chi connectivity index (χ4v) is 3.72. The Labute approximate surface area is 195 Å². The summed E-state index contributed by atoms with van der Waals surface area (Å²) in [6.45, 7) is 8.12. The molecule has 1 aliphatic heterocycles. The molecule has 3 aromatic rings. The van der Waals surface area contributed by atoms with Crippen LogP contribution in [0.1, 0.15) is 37.0 Å². The minimum Gasteiger partial charge on any atom is -0.494 e. The zero-order valence-corrected chi connectivity index (χ0v) is 19.2. The summed E-state index contributed by atoms with van der Waals surface area (Å²) < 4.78 is 7.02. The van der Waals surface area contributed by atoms with Crippen molar-refractivity contribution < 1.29 is 14.3 Å². The van der Waals surface area contributed by atoms with Crippen LogP contribution in [0.5, 0.6) is 5.75 Å². The molecule has 4 rings (SSSR count). The number of aliphatic imine (C=N–C) groups is 2. The van der Waals surface area contributed by atoms with E-state index < -0.39 is 5.91 Å². The van der Waals surface area contributed by atoms with Crippen LogP contribution in [0.3, 0.4) is 0 Å². The minimum absolute atomic E-state index is 0.0719. The zero-order chi connectivity index (χ0) is 23.4. The first kappa shape index (κ1) is 22.3. The molecule has 1 aliphatic rings. The van der Waals surface area contributed by atoms with Crippen LogP contribution in [0.2, 0.25) is 0 Å². The number of thiophene rings is 1. The van der Waals surface area contributed by atoms with Gasteiger partial charge in [0.05, 0.1) is 22.8 Å². The van der Waals surface area contributed by atoms with Crippen LogP contribution < -0.4 is 10.1 Å². The lowest BCUT2D eigenvalue weighted by Crippen LogP contribution is -2.25. The molecule has 0 bridgehead atoms. The number of benzene rings is 1. The number of amides is 2. The number of unbranched alkanes of at least 4 members (excludes halogenated alkanes) is 1. The van der Waals surface area contributed by atoms with Crippen LogP contribution in [-0.2, 0) is 4.79 Å². The van der Waals surface area contributed by atoms with Crippen LogP contribution in [0, 0.1) is 0 Å². The van der Waals surface area contributed by atoms with Crippen molar-refractivity contribution in [2.75, 3.05) is 11.9 Å². The summed E-state index contributed by atoms with van der Waals surface area (Å²) in [5, 5.41) is 9.34. The Balaban J connectivity index is 1.61. The van der Waals surface area contributed by atoms with Crippen molar-refractivity contribution in [2.24, 2.45) is 9.98 Å². The van der Waals surface area contributed by atoms with E-state index in [1.165, 1.54) is 16.0 Å². The van der Waals surface area contributed by atoms with E-state index in [4.69, 9.17) is 4.74 Å². The molecular formula is C24H23N5O3S. The molecule has 2 aromatic heterocycles. The SMILES string of the molecule is C=C1C(=O)N=C(n2nc(-c3cccs3)cc2NC(=O)c2ccc(OCCCC)cc2)N=C1C. The highest BCUT2D eigenvalue weighted by atomic mass is 32.1. The first-order chi connectivity index (χ1) is 16.0. The number of nitrogens with one attached hydrogen (secondary N) is 1. The van der Waals surface area contributed by atoms with Gasteiger partial charge in [0, 0.05) is 11.6 Å². The molecule has 0 saturated carbocycles. The van der Waals surface area contributed by atoms with Crippen LogP contribution in [0.4, 0.5) is 5.82 Å². The predicted octanol–water partition coefficient (Wildman–Crippen LogP) is 4.80. The number of rotatable bonds is 7. The highest BCUT2D eigenvalue weighted by Gasteiger charge is 2.23. The number of carbonyl (C=O) groups is 2. The third-order valence-electron chi connectivity index (χ3n) is 4.96. The maximum atomic E-state index is 13.0. The van der Waals surface area contributed by atoms with Crippen LogP contribution in [0.15, 0.2) is 70.0 Å². The third-order valence-corrected chi connectivity index (χ3v) is 5.85. The number of aromatic nitrogens is 2. The zero-order valence-electron chi connectivity index (χ0n) is 18.4. The Kier molecular flexibility index (Phi) is 6.60. The van der Waals surface area contributed by atoms with Gasteiger partial charge >= 0.3 is 0 Å². The molecule has 0 fully saturated rings. The van der Waals surface area contributed by atoms with E-state index in [1.54, 1.807) is 37.3 Å². The van der Waals surface area contributed by atoms with Crippen molar-refractivity contribution in [3.63, 3.8) is 0 Å². The van der Waals surface area contributed by atoms with E-state index in [0.29, 0.717) is 35.1 Å². The molecule has 1 aromatic carbocycles. The number of ether oxygens (including phenoxy) is 1. The van der Waals surface area contributed by atoms with E-state index in [0.717, 1.165) is 17.7 Å². The third kappa shape index (κ3) is 4.98. The van der Waals surface area contributed by atoms with Gasteiger partial charge in [-0.15, -0.1) is 11.3 Å². The van der Waals surface area contributed by atoms with E-state index in [-0.39, 0.29) is 17.4 Å². The molecule has 2 amide bonds. The van der Waals surface area contributed by atoms with Crippen molar-refractivity contribution >= 4 is 40.6 Å². The molecule has 0 atom stereocenters. The molecule has 0 unspecified atom stereocenters. The molecule has 0 saturated heterocycles. The van der Waals surface area contributed by atoms with Gasteiger partial charge in [0.2, 0.25) is 0 Å². The number of anilines is 1. The Hall–Kier alpha value is -3.85. The van der Waals surface area contributed by atoms with Gasteiger partial charge < -0.3 is 10.1 Å².